The molecular formula is C69H129N5O16. The first-order chi connectivity index (χ1) is 44.4. The molecule has 0 atom stereocenters. The topological polar surface area (TPSA) is 228 Å². The van der Waals surface area contributed by atoms with Gasteiger partial charge in [-0.25, -0.2) is 0 Å². The molecule has 0 radical (unpaired) electrons. The number of hydrogen-bond acceptors (Lipinski definition) is 18. The Bertz CT molecular complexity index is 1810. The van der Waals surface area contributed by atoms with E-state index in [1.165, 1.54) is 141 Å². The van der Waals surface area contributed by atoms with E-state index in [1.54, 1.807) is 11.8 Å². The van der Waals surface area contributed by atoms with Crippen LogP contribution in [0.1, 0.15) is 202 Å². The molecule has 0 spiro atoms. The van der Waals surface area contributed by atoms with E-state index in [1.807, 2.05) is 24.3 Å². The van der Waals surface area contributed by atoms with Crippen molar-refractivity contribution < 1.29 is 78.5 Å². The van der Waals surface area contributed by atoms with Gasteiger partial charge in [-0.2, -0.15) is 0 Å². The van der Waals surface area contributed by atoms with Gasteiger partial charge in [-0.3, -0.25) is 14.4 Å². The fourth-order valence-electron chi connectivity index (χ4n) is 9.56. The molecule has 0 aliphatic carbocycles. The Morgan fingerprint density at radius 2 is 0.700 bits per heavy atom. The van der Waals surface area contributed by atoms with Crippen molar-refractivity contribution in [3.05, 3.63) is 30.2 Å². The fourth-order valence-corrected chi connectivity index (χ4v) is 9.56. The molecule has 21 heteroatoms. The number of benzene rings is 1. The van der Waals surface area contributed by atoms with Gasteiger partial charge in [0.1, 0.15) is 19.0 Å². The van der Waals surface area contributed by atoms with Crippen LogP contribution in [-0.4, -0.2) is 211 Å². The Hall–Kier alpha value is -3.87. The predicted octanol–water partition coefficient (Wildman–Crippen LogP) is 12.1. The number of nitrogens with one attached hydrogen (secondary N) is 2. The number of aromatic nitrogens is 2. The van der Waals surface area contributed by atoms with E-state index in [-0.39, 0.29) is 33.8 Å². The van der Waals surface area contributed by atoms with Gasteiger partial charge in [0.05, 0.1) is 139 Å². The second kappa shape index (κ2) is 65.2. The van der Waals surface area contributed by atoms with Gasteiger partial charge in [-0.15, -0.1) is 10.2 Å². The molecule has 0 aliphatic rings. The minimum Gasteiger partial charge on any atom is -0.491 e. The summed E-state index contributed by atoms with van der Waals surface area (Å²) in [4.78, 5) is 39.3. The van der Waals surface area contributed by atoms with Crippen LogP contribution in [0, 0.1) is 6.92 Å². The number of ether oxygens (including phenoxy) is 12. The molecule has 21 nitrogen and oxygen atoms in total. The Morgan fingerprint density at radius 1 is 0.389 bits per heavy atom. The lowest BCUT2D eigenvalue weighted by atomic mass is 10.0. The van der Waals surface area contributed by atoms with Gasteiger partial charge in [0.2, 0.25) is 29.5 Å². The summed E-state index contributed by atoms with van der Waals surface area (Å²) in [6.07, 6.45) is 34.7. The molecule has 3 amide bonds. The van der Waals surface area contributed by atoms with Crippen LogP contribution in [0.3, 0.4) is 0 Å². The van der Waals surface area contributed by atoms with Gasteiger partial charge in [-0.05, 0) is 37.1 Å². The largest absolute Gasteiger partial charge is 0.491 e. The summed E-state index contributed by atoms with van der Waals surface area (Å²) in [7, 11) is 0. The molecule has 90 heavy (non-hydrogen) atoms. The van der Waals surface area contributed by atoms with Crippen LogP contribution in [0.4, 0.5) is 0 Å². The number of amides is 3. The Kier molecular flexibility index (Phi) is 59.6. The first-order valence-corrected chi connectivity index (χ1v) is 35.1. The lowest BCUT2D eigenvalue weighted by molar-refractivity contribution is -0.138. The lowest BCUT2D eigenvalue weighted by Gasteiger charge is -2.23. The Morgan fingerprint density at radius 3 is 1.04 bits per heavy atom. The summed E-state index contributed by atoms with van der Waals surface area (Å²) in [5, 5.41) is 13.8. The van der Waals surface area contributed by atoms with Gasteiger partial charge in [0.15, 0.2) is 0 Å². The van der Waals surface area contributed by atoms with Crippen LogP contribution in [-0.2, 0) is 66.5 Å². The van der Waals surface area contributed by atoms with E-state index in [9.17, 15) is 14.4 Å². The van der Waals surface area contributed by atoms with Crippen molar-refractivity contribution in [2.75, 3.05) is 178 Å². The first-order valence-electron chi connectivity index (χ1n) is 35.1. The number of aryl methyl sites for hydroxylation is 1. The van der Waals surface area contributed by atoms with E-state index >= 15 is 0 Å². The molecule has 526 valence electrons. The number of rotatable bonds is 71. The summed E-state index contributed by atoms with van der Waals surface area (Å²) in [5.74, 6) is 1.68. The molecule has 0 saturated carbocycles. The standard InChI is InChI=1S/C69H125N5O16.2H2/c1-4-6-8-10-12-14-16-18-20-22-24-26-28-30-66(75)70-36-40-78-44-48-82-52-54-84-50-46-80-42-38-74(68(77)62-88-59-58-86-56-57-87-60-61-89-65-34-32-64(33-35-65)69-73-72-63(3)90-69)39-43-81-47-51-85-55-53-83-49-45-79-41-37-71-67(76)31-29-27-25-23-21-19-17-15-13-11-9-7-5-2;;/h32-35H,4-31,36-62H2,1-3H3,(H,70,75)(H,71,76);2*1H. The maximum absolute atomic E-state index is 13.2. The minimum atomic E-state index is -0.186. The molecule has 0 bridgehead atoms. The number of hydrogen-bond donors (Lipinski definition) is 2. The highest BCUT2D eigenvalue weighted by atomic mass is 16.6. The number of carbonyl (C=O) groups is 3. The first kappa shape index (κ1) is 82.2. The summed E-state index contributed by atoms with van der Waals surface area (Å²) in [6, 6.07) is 7.41. The van der Waals surface area contributed by atoms with Gasteiger partial charge in [0.25, 0.3) is 0 Å². The van der Waals surface area contributed by atoms with Crippen molar-refractivity contribution in [1.29, 1.82) is 0 Å². The van der Waals surface area contributed by atoms with Gasteiger partial charge < -0.3 is 76.8 Å². The normalized spacial score (nSPS) is 11.5. The molecule has 1 aromatic carbocycles. The number of carbonyl (C=O) groups excluding carboxylic acids is 3. The molecule has 2 rings (SSSR count). The Balaban J connectivity index is 0.0000414. The summed E-state index contributed by atoms with van der Waals surface area (Å²) in [6.45, 7) is 16.4. The minimum absolute atomic E-state index is 0. The molecule has 2 aromatic rings. The highest BCUT2D eigenvalue weighted by Gasteiger charge is 2.14. The smallest absolute Gasteiger partial charge is 0.248 e. The number of nitrogens with zero attached hydrogens (tertiary/aromatic N) is 3. The SMILES string of the molecule is CCCCCCCCCCCCCCCC(=O)NCCOCCOCCOCCOCCN(CCOCCOCCOCCOCCNC(=O)CCCCCCCCCCCCCCC)C(=O)COCCOCCOCCOc1ccc(-c2nnc(C)o2)cc1.[HH].[HH]. The third kappa shape index (κ3) is 54.7. The quantitative estimate of drug-likeness (QED) is 0.0587. The van der Waals surface area contributed by atoms with E-state index in [0.717, 1.165) is 31.2 Å². The molecule has 1 heterocycles. The molecular weight excluding hydrogens is 1150 g/mol. The lowest BCUT2D eigenvalue weighted by Crippen LogP contribution is -2.39. The monoisotopic (exact) mass is 1280 g/mol. The van der Waals surface area contributed by atoms with Gasteiger partial charge in [0, 0.05) is 54.4 Å². The summed E-state index contributed by atoms with van der Waals surface area (Å²) in [5.41, 5.74) is 0.818. The zero-order chi connectivity index (χ0) is 64.4. The van der Waals surface area contributed by atoms with Crippen LogP contribution in [0.15, 0.2) is 28.7 Å². The third-order valence-electron chi connectivity index (χ3n) is 14.8. The molecule has 1 aromatic heterocycles. The number of unbranched alkanes of at least 4 members (excludes halogenated alkanes) is 24. The zero-order valence-corrected chi connectivity index (χ0v) is 56.6. The molecule has 0 saturated heterocycles. The fraction of sp³-hybridized carbons (Fsp3) is 0.841. The van der Waals surface area contributed by atoms with Gasteiger partial charge in [-0.1, -0.05) is 168 Å². The van der Waals surface area contributed by atoms with Crippen LogP contribution in [0.2, 0.25) is 0 Å². The van der Waals surface area contributed by atoms with Crippen LogP contribution < -0.4 is 15.4 Å². The predicted molar refractivity (Wildman–Crippen MR) is 356 cm³/mol. The zero-order valence-electron chi connectivity index (χ0n) is 56.6. The molecule has 0 unspecified atom stereocenters. The molecule has 0 fully saturated rings. The molecule has 0 aliphatic heterocycles. The van der Waals surface area contributed by atoms with E-state index in [0.29, 0.717) is 195 Å². The summed E-state index contributed by atoms with van der Waals surface area (Å²) < 4.78 is 73.5. The average molecular weight is 1280 g/mol. The van der Waals surface area contributed by atoms with Crippen molar-refractivity contribution >= 4 is 17.7 Å². The second-order valence-electron chi connectivity index (χ2n) is 22.7. The van der Waals surface area contributed by atoms with Crippen molar-refractivity contribution in [2.45, 2.75) is 201 Å². The van der Waals surface area contributed by atoms with E-state index < -0.39 is 0 Å². The molecule has 2 N–H and O–H groups in total. The van der Waals surface area contributed by atoms with Crippen molar-refractivity contribution in [3.8, 4) is 17.2 Å². The van der Waals surface area contributed by atoms with Crippen molar-refractivity contribution in [1.82, 2.24) is 25.7 Å². The van der Waals surface area contributed by atoms with Crippen LogP contribution >= 0.6 is 0 Å². The van der Waals surface area contributed by atoms with Crippen molar-refractivity contribution in [3.63, 3.8) is 0 Å². The average Bonchev–Trinajstić information content (AvgIpc) is 2.14. The Labute approximate surface area is 546 Å². The highest BCUT2D eigenvalue weighted by Crippen LogP contribution is 2.21. The third-order valence-corrected chi connectivity index (χ3v) is 14.8. The highest BCUT2D eigenvalue weighted by molar-refractivity contribution is 5.77. The maximum Gasteiger partial charge on any atom is 0.248 e. The maximum atomic E-state index is 13.2. The van der Waals surface area contributed by atoms with Gasteiger partial charge >= 0.3 is 0 Å². The van der Waals surface area contributed by atoms with Crippen molar-refractivity contribution in [2.24, 2.45) is 0 Å². The van der Waals surface area contributed by atoms with Crippen LogP contribution in [0.5, 0.6) is 5.75 Å². The summed E-state index contributed by atoms with van der Waals surface area (Å²) >= 11 is 0. The van der Waals surface area contributed by atoms with E-state index in [2.05, 4.69) is 34.7 Å². The van der Waals surface area contributed by atoms with E-state index in [4.69, 9.17) is 61.3 Å². The van der Waals surface area contributed by atoms with Crippen LogP contribution in [0.25, 0.3) is 11.5 Å². The second-order valence-corrected chi connectivity index (χ2v) is 22.7.